The number of nitrogens with zero attached hydrogens (tertiary/aromatic N) is 3. The van der Waals surface area contributed by atoms with Crippen molar-refractivity contribution >= 4 is 17.4 Å². The second kappa shape index (κ2) is 6.54. The summed E-state index contributed by atoms with van der Waals surface area (Å²) in [7, 11) is 0. The first-order valence-electron chi connectivity index (χ1n) is 9.48. The van der Waals surface area contributed by atoms with E-state index in [1.54, 1.807) is 6.20 Å². The van der Waals surface area contributed by atoms with Crippen LogP contribution in [0.15, 0.2) is 66.9 Å². The highest BCUT2D eigenvalue weighted by Crippen LogP contribution is 2.31. The van der Waals surface area contributed by atoms with Gasteiger partial charge in [-0.3, -0.25) is 4.79 Å². The first-order valence-corrected chi connectivity index (χ1v) is 9.48. The third-order valence-corrected chi connectivity index (χ3v) is 5.58. The molecular weight excluding hydrogens is 334 g/mol. The van der Waals surface area contributed by atoms with Gasteiger partial charge in [0.15, 0.2) is 0 Å². The first-order chi connectivity index (χ1) is 13.3. The van der Waals surface area contributed by atoms with E-state index < -0.39 is 0 Å². The topological polar surface area (TPSA) is 36.4 Å². The second-order valence-electron chi connectivity index (χ2n) is 7.15. The van der Waals surface area contributed by atoms with Crippen molar-refractivity contribution in [1.82, 2.24) is 4.98 Å². The molecule has 1 aromatic heterocycles. The van der Waals surface area contributed by atoms with Gasteiger partial charge in [-0.2, -0.15) is 0 Å². The van der Waals surface area contributed by atoms with Crippen LogP contribution in [-0.2, 0) is 19.4 Å². The summed E-state index contributed by atoms with van der Waals surface area (Å²) in [6, 6.07) is 20.5. The summed E-state index contributed by atoms with van der Waals surface area (Å²) in [5, 5.41) is 0. The Hall–Kier alpha value is -3.14. The molecule has 0 radical (unpaired) electrons. The highest BCUT2D eigenvalue weighted by Gasteiger charge is 2.29. The molecule has 4 heteroatoms. The van der Waals surface area contributed by atoms with Gasteiger partial charge in [-0.1, -0.05) is 42.5 Å². The van der Waals surface area contributed by atoms with Crippen LogP contribution in [0.2, 0.25) is 0 Å². The average Bonchev–Trinajstić information content (AvgIpc) is 3.17. The van der Waals surface area contributed by atoms with Gasteiger partial charge in [-0.05, 0) is 47.7 Å². The molecule has 134 valence electrons. The van der Waals surface area contributed by atoms with E-state index in [-0.39, 0.29) is 5.91 Å². The summed E-state index contributed by atoms with van der Waals surface area (Å²) in [4.78, 5) is 22.1. The van der Waals surface area contributed by atoms with E-state index in [4.69, 9.17) is 0 Å². The number of hydrogen-bond acceptors (Lipinski definition) is 3. The summed E-state index contributed by atoms with van der Waals surface area (Å²) in [6.45, 7) is 2.41. The zero-order chi connectivity index (χ0) is 18.2. The van der Waals surface area contributed by atoms with E-state index in [1.807, 2.05) is 35.2 Å². The minimum atomic E-state index is 0.0434. The molecule has 0 spiro atoms. The number of fused-ring (bicyclic) bond motifs is 2. The fraction of sp³-hybridized carbons (Fsp3) is 0.217. The summed E-state index contributed by atoms with van der Waals surface area (Å²) >= 11 is 0. The Kier molecular flexibility index (Phi) is 3.89. The van der Waals surface area contributed by atoms with Crippen LogP contribution in [0, 0.1) is 0 Å². The highest BCUT2D eigenvalue weighted by molar-refractivity contribution is 6.10. The summed E-state index contributed by atoms with van der Waals surface area (Å²) in [6.07, 6.45) is 3.67. The summed E-state index contributed by atoms with van der Waals surface area (Å²) in [5.41, 5.74) is 5.67. The SMILES string of the molecule is O=C(c1cccnc1N1CCc2ccccc2C1)N1CCc2ccccc21. The smallest absolute Gasteiger partial charge is 0.262 e. The highest BCUT2D eigenvalue weighted by atomic mass is 16.2. The van der Waals surface area contributed by atoms with Crippen molar-refractivity contribution in [2.45, 2.75) is 19.4 Å². The molecule has 0 bridgehead atoms. The number of rotatable bonds is 2. The Labute approximate surface area is 159 Å². The molecule has 4 nitrogen and oxygen atoms in total. The Balaban J connectivity index is 1.48. The van der Waals surface area contributed by atoms with Gasteiger partial charge in [-0.15, -0.1) is 0 Å². The van der Waals surface area contributed by atoms with Crippen molar-refractivity contribution in [1.29, 1.82) is 0 Å². The van der Waals surface area contributed by atoms with Gasteiger partial charge in [0.2, 0.25) is 0 Å². The number of amides is 1. The Morgan fingerprint density at radius 3 is 2.44 bits per heavy atom. The first kappa shape index (κ1) is 16.1. The quantitative estimate of drug-likeness (QED) is 0.701. The van der Waals surface area contributed by atoms with Crippen LogP contribution in [0.4, 0.5) is 11.5 Å². The molecule has 3 heterocycles. The number of carbonyl (C=O) groups is 1. The van der Waals surface area contributed by atoms with Gasteiger partial charge < -0.3 is 9.80 Å². The lowest BCUT2D eigenvalue weighted by Crippen LogP contribution is -2.35. The largest absolute Gasteiger partial charge is 0.351 e. The van der Waals surface area contributed by atoms with Crippen LogP contribution in [-0.4, -0.2) is 24.0 Å². The van der Waals surface area contributed by atoms with Gasteiger partial charge in [0.1, 0.15) is 5.82 Å². The second-order valence-corrected chi connectivity index (χ2v) is 7.15. The van der Waals surface area contributed by atoms with Crippen LogP contribution in [0.1, 0.15) is 27.0 Å². The molecule has 0 saturated heterocycles. The molecule has 2 aliphatic heterocycles. The van der Waals surface area contributed by atoms with Crippen molar-refractivity contribution < 1.29 is 4.79 Å². The van der Waals surface area contributed by atoms with Gasteiger partial charge in [0.05, 0.1) is 5.56 Å². The fourth-order valence-corrected chi connectivity index (χ4v) is 4.19. The van der Waals surface area contributed by atoms with Crippen molar-refractivity contribution in [3.8, 4) is 0 Å². The number of hydrogen-bond donors (Lipinski definition) is 0. The monoisotopic (exact) mass is 355 g/mol. The number of aromatic nitrogens is 1. The third kappa shape index (κ3) is 2.78. The van der Waals surface area contributed by atoms with E-state index in [0.29, 0.717) is 5.56 Å². The van der Waals surface area contributed by atoms with Crippen LogP contribution < -0.4 is 9.80 Å². The molecule has 0 saturated carbocycles. The molecule has 2 aliphatic rings. The maximum Gasteiger partial charge on any atom is 0.262 e. The Morgan fingerprint density at radius 2 is 1.56 bits per heavy atom. The van der Waals surface area contributed by atoms with E-state index in [0.717, 1.165) is 44.0 Å². The van der Waals surface area contributed by atoms with Crippen molar-refractivity contribution in [2.24, 2.45) is 0 Å². The predicted octanol–water partition coefficient (Wildman–Crippen LogP) is 3.85. The Bertz CT molecular complexity index is 1010. The van der Waals surface area contributed by atoms with Gasteiger partial charge in [0.25, 0.3) is 5.91 Å². The standard InChI is InChI=1S/C23H21N3O/c27-23(26-15-12-18-7-3-4-10-21(18)26)20-9-5-13-24-22(20)25-14-11-17-6-1-2-8-19(17)16-25/h1-10,13H,11-12,14-16H2. The molecule has 3 aromatic rings. The van der Waals surface area contributed by atoms with Gasteiger partial charge in [0, 0.05) is 31.5 Å². The zero-order valence-corrected chi connectivity index (χ0v) is 15.1. The van der Waals surface area contributed by atoms with Gasteiger partial charge in [-0.25, -0.2) is 4.98 Å². The summed E-state index contributed by atoms with van der Waals surface area (Å²) < 4.78 is 0. The summed E-state index contributed by atoms with van der Waals surface area (Å²) in [5.74, 6) is 0.836. The van der Waals surface area contributed by atoms with E-state index in [1.165, 1.54) is 16.7 Å². The molecule has 1 amide bonds. The lowest BCUT2D eigenvalue weighted by atomic mass is 9.99. The fourth-order valence-electron chi connectivity index (χ4n) is 4.19. The molecule has 0 unspecified atom stereocenters. The molecule has 27 heavy (non-hydrogen) atoms. The normalized spacial score (nSPS) is 15.4. The molecular formula is C23H21N3O. The van der Waals surface area contributed by atoms with E-state index in [9.17, 15) is 4.79 Å². The maximum absolute atomic E-state index is 13.4. The molecule has 0 fully saturated rings. The van der Waals surface area contributed by atoms with Crippen LogP contribution in [0.3, 0.4) is 0 Å². The third-order valence-electron chi connectivity index (χ3n) is 5.58. The number of pyridine rings is 1. The average molecular weight is 355 g/mol. The molecule has 2 aromatic carbocycles. The van der Waals surface area contributed by atoms with Crippen LogP contribution in [0.25, 0.3) is 0 Å². The van der Waals surface area contributed by atoms with Crippen molar-refractivity contribution in [3.63, 3.8) is 0 Å². The number of carbonyl (C=O) groups excluding carboxylic acids is 1. The molecule has 0 N–H and O–H groups in total. The molecule has 5 rings (SSSR count). The minimum Gasteiger partial charge on any atom is -0.351 e. The van der Waals surface area contributed by atoms with Crippen LogP contribution in [0.5, 0.6) is 0 Å². The van der Waals surface area contributed by atoms with Gasteiger partial charge >= 0.3 is 0 Å². The molecule has 0 aliphatic carbocycles. The number of para-hydroxylation sites is 1. The predicted molar refractivity (Wildman–Crippen MR) is 107 cm³/mol. The lowest BCUT2D eigenvalue weighted by molar-refractivity contribution is 0.0989. The minimum absolute atomic E-state index is 0.0434. The Morgan fingerprint density at radius 1 is 0.815 bits per heavy atom. The zero-order valence-electron chi connectivity index (χ0n) is 15.1. The molecule has 0 atom stereocenters. The number of benzene rings is 2. The number of anilines is 2. The van der Waals surface area contributed by atoms with Crippen molar-refractivity contribution in [3.05, 3.63) is 89.1 Å². The van der Waals surface area contributed by atoms with E-state index >= 15 is 0 Å². The van der Waals surface area contributed by atoms with E-state index in [2.05, 4.69) is 40.2 Å². The van der Waals surface area contributed by atoms with Crippen molar-refractivity contribution in [2.75, 3.05) is 22.9 Å². The van der Waals surface area contributed by atoms with Crippen LogP contribution >= 0.6 is 0 Å². The lowest BCUT2D eigenvalue weighted by Gasteiger charge is -2.31. The maximum atomic E-state index is 13.4.